The monoisotopic (exact) mass is 829 g/mol. The van der Waals surface area contributed by atoms with E-state index in [0.29, 0.717) is 59.6 Å². The van der Waals surface area contributed by atoms with Crippen molar-refractivity contribution in [3.05, 3.63) is 153 Å². The van der Waals surface area contributed by atoms with Crippen LogP contribution in [0.15, 0.2) is 109 Å². The third-order valence-electron chi connectivity index (χ3n) is 9.36. The van der Waals surface area contributed by atoms with Gasteiger partial charge in [-0.05, 0) is 89.6 Å². The van der Waals surface area contributed by atoms with Crippen molar-refractivity contribution in [1.82, 2.24) is 14.8 Å². The summed E-state index contributed by atoms with van der Waals surface area (Å²) in [5, 5.41) is 1.09. The number of hydrogen-bond acceptors (Lipinski definition) is 6. The fourth-order valence-corrected chi connectivity index (χ4v) is 6.58. The van der Waals surface area contributed by atoms with Crippen molar-refractivity contribution >= 4 is 51.7 Å². The summed E-state index contributed by atoms with van der Waals surface area (Å²) in [4.78, 5) is 22.0. The first kappa shape index (κ1) is 40.8. The van der Waals surface area contributed by atoms with E-state index in [9.17, 15) is 4.79 Å². The molecule has 1 fully saturated rings. The number of hydrogen-bond donors (Lipinski definition) is 0. The van der Waals surface area contributed by atoms with Gasteiger partial charge < -0.3 is 19.1 Å². The number of halogens is 3. The zero-order valence-corrected chi connectivity index (χ0v) is 34.3. The summed E-state index contributed by atoms with van der Waals surface area (Å²) in [7, 11) is 0. The van der Waals surface area contributed by atoms with Gasteiger partial charge in [-0.25, -0.2) is 4.98 Å². The number of piperazine rings is 1. The highest BCUT2D eigenvalue weighted by Gasteiger charge is 2.21. The topological polar surface area (TPSA) is 64.1 Å². The van der Waals surface area contributed by atoms with E-state index in [1.807, 2.05) is 67.3 Å². The third-order valence-corrected chi connectivity index (χ3v) is 10.0. The zero-order valence-electron chi connectivity index (χ0n) is 31.1. The number of carbonyl (C=O) groups excluding carboxylic acids is 1. The van der Waals surface area contributed by atoms with Crippen molar-refractivity contribution in [3.63, 3.8) is 0 Å². The van der Waals surface area contributed by atoms with Crippen LogP contribution in [0.4, 0.5) is 0 Å². The van der Waals surface area contributed by atoms with Gasteiger partial charge in [-0.1, -0.05) is 91.6 Å². The first-order chi connectivity index (χ1) is 25.6. The Morgan fingerprint density at radius 2 is 1.48 bits per heavy atom. The molecule has 0 saturated carbocycles. The molecule has 2 heterocycles. The molecular weight excluding hydrogens is 785 g/mol. The predicted molar refractivity (Wildman–Crippen MR) is 223 cm³/mol. The van der Waals surface area contributed by atoms with E-state index in [0.717, 1.165) is 53.2 Å². The van der Waals surface area contributed by atoms with Crippen LogP contribution in [0.25, 0.3) is 5.57 Å². The Kier molecular flexibility index (Phi) is 14.6. The van der Waals surface area contributed by atoms with Gasteiger partial charge in [0.2, 0.25) is 11.8 Å². The highest BCUT2D eigenvalue weighted by atomic mass is 79.9. The lowest BCUT2D eigenvalue weighted by Gasteiger charge is -2.34. The first-order valence-corrected chi connectivity index (χ1v) is 18.7. The van der Waals surface area contributed by atoms with E-state index in [-0.39, 0.29) is 22.9 Å². The van der Waals surface area contributed by atoms with Crippen LogP contribution < -0.4 is 14.2 Å². The second-order valence-electron chi connectivity index (χ2n) is 13.7. The summed E-state index contributed by atoms with van der Waals surface area (Å²) < 4.78 is 17.9. The molecular formula is C44H46BrCl2N3O4. The van der Waals surface area contributed by atoms with Crippen molar-refractivity contribution < 1.29 is 19.0 Å². The molecule has 6 rings (SSSR count). The minimum Gasteiger partial charge on any atom is -0.489 e. The molecule has 0 bridgehead atoms. The number of aryl methyl sites for hydroxylation is 1. The maximum Gasteiger partial charge on any atom is 0.246 e. The van der Waals surface area contributed by atoms with Gasteiger partial charge in [-0.2, -0.15) is 0 Å². The van der Waals surface area contributed by atoms with E-state index in [2.05, 4.69) is 60.1 Å². The number of pyridine rings is 1. The molecule has 54 heavy (non-hydrogen) atoms. The van der Waals surface area contributed by atoms with Crippen LogP contribution >= 0.6 is 40.2 Å². The molecule has 1 aromatic heterocycles. The predicted octanol–water partition coefficient (Wildman–Crippen LogP) is 11.1. The Bertz CT molecular complexity index is 2010. The fraction of sp³-hybridized carbons (Fsp3) is 0.273. The van der Waals surface area contributed by atoms with Crippen LogP contribution in [-0.2, 0) is 24.6 Å². The van der Waals surface area contributed by atoms with Crippen LogP contribution in [0.3, 0.4) is 0 Å². The Morgan fingerprint density at radius 1 is 0.815 bits per heavy atom. The highest BCUT2D eigenvalue weighted by Crippen LogP contribution is 2.35. The van der Waals surface area contributed by atoms with Gasteiger partial charge in [0.05, 0.1) is 11.2 Å². The number of rotatable bonds is 13. The van der Waals surface area contributed by atoms with Crippen LogP contribution in [0.1, 0.15) is 60.1 Å². The summed E-state index contributed by atoms with van der Waals surface area (Å²) in [6, 6.07) is 31.8. The van der Waals surface area contributed by atoms with E-state index in [1.165, 1.54) is 11.1 Å². The Morgan fingerprint density at radius 3 is 2.13 bits per heavy atom. The van der Waals surface area contributed by atoms with Crippen molar-refractivity contribution in [2.45, 2.75) is 53.4 Å². The van der Waals surface area contributed by atoms with Crippen molar-refractivity contribution in [2.24, 2.45) is 0 Å². The van der Waals surface area contributed by atoms with Gasteiger partial charge in [0.1, 0.15) is 24.7 Å². The Labute approximate surface area is 339 Å². The number of nitrogens with zero attached hydrogens (tertiary/aromatic N) is 3. The molecule has 0 radical (unpaired) electrons. The lowest BCUT2D eigenvalue weighted by molar-refractivity contribution is -0.127. The minimum atomic E-state index is 0. The molecule has 0 unspecified atom stereocenters. The van der Waals surface area contributed by atoms with Gasteiger partial charge in [0, 0.05) is 55.5 Å². The minimum absolute atomic E-state index is 0. The molecule has 0 N–H and O–H groups in total. The Hall–Kier alpha value is -4.34. The second-order valence-corrected chi connectivity index (χ2v) is 14.5. The smallest absolute Gasteiger partial charge is 0.246 e. The van der Waals surface area contributed by atoms with Crippen LogP contribution in [0.5, 0.6) is 23.1 Å². The van der Waals surface area contributed by atoms with Gasteiger partial charge in [0.25, 0.3) is 0 Å². The fourth-order valence-electron chi connectivity index (χ4n) is 6.08. The van der Waals surface area contributed by atoms with Crippen molar-refractivity contribution in [2.75, 3.05) is 26.2 Å². The molecule has 4 aromatic carbocycles. The standard InChI is InChI=1S/C44H45Cl2N3O4.BrH/c1-30(2)35-13-15-38(16-14-35)51-28-34-11-9-33(10-12-34)27-48-19-21-49(22-20-48)43(50)24-31(3)37-23-32(4)44(41(46)25-37)53-42-18-17-39(26-47-42)52-29-36-7-5-6-8-40(36)45;/h5-18,23-26,30H,19-22,27-29H2,1-4H3;1H/b31-24+;. The maximum atomic E-state index is 13.3. The van der Waals surface area contributed by atoms with Crippen molar-refractivity contribution in [3.8, 4) is 23.1 Å². The number of aromatic nitrogens is 1. The van der Waals surface area contributed by atoms with E-state index in [1.54, 1.807) is 24.4 Å². The molecule has 7 nitrogen and oxygen atoms in total. The van der Waals surface area contributed by atoms with E-state index in [4.69, 9.17) is 37.4 Å². The number of allylic oxidation sites excluding steroid dienone is 1. The number of carbonyl (C=O) groups is 1. The molecule has 1 saturated heterocycles. The van der Waals surface area contributed by atoms with Crippen LogP contribution in [0, 0.1) is 6.92 Å². The Balaban J connectivity index is 0.00000561. The second kappa shape index (κ2) is 19.3. The average molecular weight is 832 g/mol. The average Bonchev–Trinajstić information content (AvgIpc) is 3.16. The maximum absolute atomic E-state index is 13.3. The lowest BCUT2D eigenvalue weighted by Crippen LogP contribution is -2.47. The van der Waals surface area contributed by atoms with Crippen LogP contribution in [-0.4, -0.2) is 46.9 Å². The van der Waals surface area contributed by atoms with Gasteiger partial charge in [-0.3, -0.25) is 9.69 Å². The molecule has 5 aromatic rings. The quantitative estimate of drug-likeness (QED) is 0.110. The first-order valence-electron chi connectivity index (χ1n) is 17.9. The number of benzene rings is 4. The molecule has 282 valence electrons. The summed E-state index contributed by atoms with van der Waals surface area (Å²) in [5.41, 5.74) is 7.12. The highest BCUT2D eigenvalue weighted by molar-refractivity contribution is 8.93. The molecule has 1 aliphatic heterocycles. The molecule has 0 atom stereocenters. The summed E-state index contributed by atoms with van der Waals surface area (Å²) >= 11 is 12.9. The lowest BCUT2D eigenvalue weighted by atomic mass is 10.0. The normalized spacial score (nSPS) is 13.4. The molecule has 0 aliphatic carbocycles. The molecule has 1 amide bonds. The molecule has 1 aliphatic rings. The largest absolute Gasteiger partial charge is 0.489 e. The SMILES string of the molecule is Br.C/C(=C\C(=O)N1CCN(Cc2ccc(COc3ccc(C(C)C)cc3)cc2)CC1)c1cc(C)c(Oc2ccc(OCc3ccccc3Cl)cn2)c(Cl)c1. The van der Waals surface area contributed by atoms with Crippen LogP contribution in [0.2, 0.25) is 10.0 Å². The number of amides is 1. The third kappa shape index (κ3) is 11.1. The summed E-state index contributed by atoms with van der Waals surface area (Å²) in [5.74, 6) is 2.88. The summed E-state index contributed by atoms with van der Waals surface area (Å²) in [6.07, 6.45) is 3.30. The van der Waals surface area contributed by atoms with Crippen molar-refractivity contribution in [1.29, 1.82) is 0 Å². The molecule has 10 heteroatoms. The summed E-state index contributed by atoms with van der Waals surface area (Å²) in [6.45, 7) is 12.9. The van der Waals surface area contributed by atoms with E-state index < -0.39 is 0 Å². The van der Waals surface area contributed by atoms with E-state index >= 15 is 0 Å². The number of ether oxygens (including phenoxy) is 3. The van der Waals surface area contributed by atoms with Gasteiger partial charge in [-0.15, -0.1) is 17.0 Å². The van der Waals surface area contributed by atoms with Gasteiger partial charge in [0.15, 0.2) is 5.75 Å². The van der Waals surface area contributed by atoms with Gasteiger partial charge >= 0.3 is 0 Å². The molecule has 0 spiro atoms. The zero-order chi connectivity index (χ0) is 37.3.